The fourth-order valence-electron chi connectivity index (χ4n) is 3.30. The molecule has 0 aliphatic carbocycles. The smallest absolute Gasteiger partial charge is 0.276 e. The molecule has 0 fully saturated rings. The summed E-state index contributed by atoms with van der Waals surface area (Å²) in [6.45, 7) is 2.02. The van der Waals surface area contributed by atoms with Crippen molar-refractivity contribution in [3.05, 3.63) is 47.5 Å². The van der Waals surface area contributed by atoms with Crippen molar-refractivity contribution in [2.45, 2.75) is 25.9 Å². The van der Waals surface area contributed by atoms with Crippen molar-refractivity contribution >= 4 is 17.5 Å². The molecule has 1 heterocycles. The molecule has 1 atom stereocenters. The minimum Gasteiger partial charge on any atom is -0.493 e. The van der Waals surface area contributed by atoms with Gasteiger partial charge in [0.15, 0.2) is 11.5 Å². The van der Waals surface area contributed by atoms with Gasteiger partial charge < -0.3 is 19.5 Å². The lowest BCUT2D eigenvalue weighted by molar-refractivity contribution is 0.0482. The molecule has 2 aromatic carbocycles. The number of carbonyl (C=O) groups is 2. The van der Waals surface area contributed by atoms with Crippen molar-refractivity contribution in [1.82, 2.24) is 10.4 Å². The summed E-state index contributed by atoms with van der Waals surface area (Å²) in [6, 6.07) is 10.3. The summed E-state index contributed by atoms with van der Waals surface area (Å²) >= 11 is 0. The Labute approximate surface area is 169 Å². The van der Waals surface area contributed by atoms with Crippen molar-refractivity contribution < 1.29 is 23.8 Å². The second-order valence-electron chi connectivity index (χ2n) is 6.52. The lowest BCUT2D eigenvalue weighted by Gasteiger charge is -2.37. The molecule has 3 rings (SSSR count). The van der Waals surface area contributed by atoms with Crippen molar-refractivity contribution in [3.63, 3.8) is 0 Å². The van der Waals surface area contributed by atoms with Gasteiger partial charge in [-0.05, 0) is 30.7 Å². The average Bonchev–Trinajstić information content (AvgIpc) is 2.75. The first-order valence-corrected chi connectivity index (χ1v) is 9.34. The summed E-state index contributed by atoms with van der Waals surface area (Å²) in [7, 11) is 4.45. The molecule has 1 aliphatic heterocycles. The van der Waals surface area contributed by atoms with Gasteiger partial charge in [0.1, 0.15) is 6.17 Å². The van der Waals surface area contributed by atoms with Crippen LogP contribution in [0.1, 0.15) is 40.5 Å². The highest BCUT2D eigenvalue weighted by Gasteiger charge is 2.33. The average molecular weight is 399 g/mol. The van der Waals surface area contributed by atoms with Gasteiger partial charge in [-0.1, -0.05) is 25.5 Å². The van der Waals surface area contributed by atoms with Gasteiger partial charge in [-0.2, -0.15) is 0 Å². The molecule has 0 bridgehead atoms. The Balaban J connectivity index is 1.91. The Morgan fingerprint density at radius 1 is 1.10 bits per heavy atom. The number of hydrogen-bond donors (Lipinski definition) is 2. The lowest BCUT2D eigenvalue weighted by atomic mass is 10.1. The minimum absolute atomic E-state index is 0.265. The van der Waals surface area contributed by atoms with E-state index in [0.717, 1.165) is 12.1 Å². The third-order valence-corrected chi connectivity index (χ3v) is 4.72. The standard InChI is InChI=1S/C21H25N3O5/c1-5-8-18-22-15-10-7-6-9-14(15)21(26)24(18)23-20(25)13-11-16(27-2)19(29-4)17(12-13)28-3/h6-7,9-12,18,22H,5,8H2,1-4H3,(H,23,25). The van der Waals surface area contributed by atoms with E-state index in [2.05, 4.69) is 10.7 Å². The molecule has 0 radical (unpaired) electrons. The largest absolute Gasteiger partial charge is 0.493 e. The van der Waals surface area contributed by atoms with Crippen LogP contribution in [0.4, 0.5) is 5.69 Å². The summed E-state index contributed by atoms with van der Waals surface area (Å²) in [5.41, 5.74) is 4.27. The molecule has 0 aromatic heterocycles. The highest BCUT2D eigenvalue weighted by Crippen LogP contribution is 2.38. The van der Waals surface area contributed by atoms with E-state index in [9.17, 15) is 9.59 Å². The number of nitrogens with one attached hydrogen (secondary N) is 2. The van der Waals surface area contributed by atoms with Gasteiger partial charge in [0.05, 0.1) is 26.9 Å². The minimum atomic E-state index is -0.458. The predicted octanol–water partition coefficient (Wildman–Crippen LogP) is 3.05. The molecular formula is C21H25N3O5. The molecule has 1 aliphatic rings. The number of benzene rings is 2. The maximum atomic E-state index is 13.0. The van der Waals surface area contributed by atoms with Gasteiger partial charge in [-0.25, -0.2) is 5.01 Å². The number of nitrogens with zero attached hydrogens (tertiary/aromatic N) is 1. The Bertz CT molecular complexity index is 890. The topological polar surface area (TPSA) is 89.1 Å². The van der Waals surface area contributed by atoms with Crippen molar-refractivity contribution in [3.8, 4) is 17.2 Å². The second kappa shape index (κ2) is 8.72. The van der Waals surface area contributed by atoms with Crippen LogP contribution in [0.15, 0.2) is 36.4 Å². The Morgan fingerprint density at radius 2 is 1.76 bits per heavy atom. The highest BCUT2D eigenvalue weighted by atomic mass is 16.5. The SMILES string of the molecule is CCCC1Nc2ccccc2C(=O)N1NC(=O)c1cc(OC)c(OC)c(OC)c1. The highest BCUT2D eigenvalue weighted by molar-refractivity contribution is 6.04. The zero-order valence-electron chi connectivity index (χ0n) is 16.9. The quantitative estimate of drug-likeness (QED) is 0.744. The molecule has 8 nitrogen and oxygen atoms in total. The van der Waals surface area contributed by atoms with Crippen LogP contribution in [-0.4, -0.2) is 44.3 Å². The third kappa shape index (κ3) is 3.91. The van der Waals surface area contributed by atoms with Crippen molar-refractivity contribution in [2.75, 3.05) is 26.6 Å². The normalized spacial score (nSPS) is 15.2. The van der Waals surface area contributed by atoms with Gasteiger partial charge in [-0.15, -0.1) is 0 Å². The van der Waals surface area contributed by atoms with Crippen LogP contribution < -0.4 is 25.0 Å². The molecule has 154 valence electrons. The number of ether oxygens (including phenoxy) is 3. The van der Waals surface area contributed by atoms with Crippen LogP contribution in [0.5, 0.6) is 17.2 Å². The predicted molar refractivity (Wildman–Crippen MR) is 108 cm³/mol. The van der Waals surface area contributed by atoms with E-state index in [4.69, 9.17) is 14.2 Å². The summed E-state index contributed by atoms with van der Waals surface area (Å²) < 4.78 is 15.9. The number of para-hydroxylation sites is 1. The van der Waals surface area contributed by atoms with E-state index in [1.54, 1.807) is 24.3 Å². The van der Waals surface area contributed by atoms with E-state index in [1.165, 1.54) is 26.3 Å². The fraction of sp³-hybridized carbons (Fsp3) is 0.333. The summed E-state index contributed by atoms with van der Waals surface area (Å²) in [4.78, 5) is 26.0. The molecular weight excluding hydrogens is 374 g/mol. The van der Waals surface area contributed by atoms with Crippen molar-refractivity contribution in [1.29, 1.82) is 0 Å². The van der Waals surface area contributed by atoms with Gasteiger partial charge in [-0.3, -0.25) is 15.0 Å². The third-order valence-electron chi connectivity index (χ3n) is 4.72. The zero-order chi connectivity index (χ0) is 21.0. The van der Waals surface area contributed by atoms with Gasteiger partial charge in [0, 0.05) is 11.3 Å². The van der Waals surface area contributed by atoms with E-state index in [-0.39, 0.29) is 17.6 Å². The van der Waals surface area contributed by atoms with E-state index < -0.39 is 5.91 Å². The number of anilines is 1. The Hall–Kier alpha value is -3.42. The second-order valence-corrected chi connectivity index (χ2v) is 6.52. The number of rotatable bonds is 7. The zero-order valence-corrected chi connectivity index (χ0v) is 16.9. The number of carbonyl (C=O) groups excluding carboxylic acids is 2. The number of methoxy groups -OCH3 is 3. The molecule has 0 saturated carbocycles. The van der Waals surface area contributed by atoms with Gasteiger partial charge >= 0.3 is 0 Å². The van der Waals surface area contributed by atoms with Gasteiger partial charge in [0.2, 0.25) is 5.75 Å². The molecule has 8 heteroatoms. The maximum Gasteiger partial charge on any atom is 0.276 e. The van der Waals surface area contributed by atoms with E-state index in [1.807, 2.05) is 19.1 Å². The summed E-state index contributed by atoms with van der Waals surface area (Å²) in [6.07, 6.45) is 1.16. The van der Waals surface area contributed by atoms with Crippen LogP contribution in [0, 0.1) is 0 Å². The first kappa shape index (κ1) is 20.3. The number of hydrogen-bond acceptors (Lipinski definition) is 6. The first-order valence-electron chi connectivity index (χ1n) is 9.34. The number of amides is 2. The first-order chi connectivity index (χ1) is 14.0. The molecule has 1 unspecified atom stereocenters. The van der Waals surface area contributed by atoms with Gasteiger partial charge in [0.25, 0.3) is 11.8 Å². The van der Waals surface area contributed by atoms with Crippen LogP contribution >= 0.6 is 0 Å². The monoisotopic (exact) mass is 399 g/mol. The molecule has 2 aromatic rings. The molecule has 2 amide bonds. The number of fused-ring (bicyclic) bond motifs is 1. The lowest BCUT2D eigenvalue weighted by Crippen LogP contribution is -2.57. The maximum absolute atomic E-state index is 13.0. The summed E-state index contributed by atoms with van der Waals surface area (Å²) in [5, 5.41) is 4.66. The molecule has 29 heavy (non-hydrogen) atoms. The van der Waals surface area contributed by atoms with E-state index in [0.29, 0.717) is 29.2 Å². The van der Waals surface area contributed by atoms with Crippen LogP contribution in [-0.2, 0) is 0 Å². The number of hydrazine groups is 1. The van der Waals surface area contributed by atoms with Crippen LogP contribution in [0.2, 0.25) is 0 Å². The molecule has 2 N–H and O–H groups in total. The summed E-state index contributed by atoms with van der Waals surface area (Å²) in [5.74, 6) is 0.379. The van der Waals surface area contributed by atoms with Crippen LogP contribution in [0.25, 0.3) is 0 Å². The Kier molecular flexibility index (Phi) is 6.11. The molecule has 0 spiro atoms. The Morgan fingerprint density at radius 3 is 2.34 bits per heavy atom. The molecule has 0 saturated heterocycles. The fourth-order valence-corrected chi connectivity index (χ4v) is 3.30. The van der Waals surface area contributed by atoms with E-state index >= 15 is 0 Å². The van der Waals surface area contributed by atoms with Crippen molar-refractivity contribution in [2.24, 2.45) is 0 Å². The van der Waals surface area contributed by atoms with Crippen LogP contribution in [0.3, 0.4) is 0 Å².